The number of unbranched alkanes of at least 4 members (excludes halogenated alkanes) is 1. The number of esters is 1. The Kier molecular flexibility index (Phi) is 18.8. The second-order valence-electron chi connectivity index (χ2n) is 17.0. The number of benzene rings is 1. The standard InChI is InChI=1S/C44H69N5O7S/c1-11-13-22-55-49(43(54)35(29(5)12-2)24-39(52)37-16-14-15-21-48(37)10)38(28(3)4)25-40(56-31(7)51)42-47-36(27-57-42)41(53)46-34(26-44(8,9)30(6)50)23-32-17-19-33(45)20-18-32/h17-20,27-29,34-35,37-38,40H,11-16,21-26,45H2,1-10H3,(H,46,53)/t29-,34-,35?,37+,38+,40+/m0/s1. The first-order valence-electron chi connectivity index (χ1n) is 20.9. The molecule has 1 unspecified atom stereocenters. The van der Waals surface area contributed by atoms with Gasteiger partial charge in [-0.3, -0.25) is 33.7 Å². The predicted molar refractivity (Wildman–Crippen MR) is 225 cm³/mol. The van der Waals surface area contributed by atoms with E-state index >= 15 is 0 Å². The number of hydroxylamine groups is 2. The summed E-state index contributed by atoms with van der Waals surface area (Å²) in [6, 6.07) is 6.29. The SMILES string of the molecule is CCCCON(C(=O)C(CC(=O)[C@H]1CCCCN1C)[C@@H](C)CC)[C@H](C[C@@H](OC(C)=O)c1nc(C(=O)N[C@@H](Cc2ccc(N)cc2)CC(C)(C)C(C)=O)cs1)C(C)C. The number of ether oxygens (including phenoxy) is 1. The third kappa shape index (κ3) is 14.3. The van der Waals surface area contributed by atoms with Crippen molar-refractivity contribution in [3.63, 3.8) is 0 Å². The molecule has 0 bridgehead atoms. The van der Waals surface area contributed by atoms with E-state index in [4.69, 9.17) is 15.3 Å². The van der Waals surface area contributed by atoms with E-state index in [1.54, 1.807) is 24.4 Å². The van der Waals surface area contributed by atoms with E-state index in [0.29, 0.717) is 36.6 Å². The molecule has 3 rings (SSSR count). The van der Waals surface area contributed by atoms with Gasteiger partial charge in [0.2, 0.25) is 5.91 Å². The number of nitrogens with two attached hydrogens (primary N) is 1. The van der Waals surface area contributed by atoms with Gasteiger partial charge in [0.1, 0.15) is 16.5 Å². The molecular formula is C44H69N5O7S. The number of nitrogen functional groups attached to an aromatic ring is 1. The van der Waals surface area contributed by atoms with Crippen molar-refractivity contribution >= 4 is 46.4 Å². The molecule has 2 aromatic rings. The molecule has 1 saturated heterocycles. The molecule has 1 aromatic carbocycles. The van der Waals surface area contributed by atoms with Crippen molar-refractivity contribution in [1.82, 2.24) is 20.3 Å². The molecule has 0 saturated carbocycles. The summed E-state index contributed by atoms with van der Waals surface area (Å²) < 4.78 is 5.89. The maximum Gasteiger partial charge on any atom is 0.303 e. The number of nitrogens with zero attached hydrogens (tertiary/aromatic N) is 3. The fraction of sp³-hybridized carbons (Fsp3) is 0.682. The molecule has 318 valence electrons. The van der Waals surface area contributed by atoms with Gasteiger partial charge in [-0.2, -0.15) is 0 Å². The van der Waals surface area contributed by atoms with Crippen LogP contribution in [0.5, 0.6) is 0 Å². The van der Waals surface area contributed by atoms with Crippen molar-refractivity contribution in [3.8, 4) is 0 Å². The highest BCUT2D eigenvalue weighted by atomic mass is 32.1. The summed E-state index contributed by atoms with van der Waals surface area (Å²) in [6.07, 6.45) is 5.45. The van der Waals surface area contributed by atoms with Crippen molar-refractivity contribution in [2.24, 2.45) is 23.2 Å². The lowest BCUT2D eigenvalue weighted by Crippen LogP contribution is -2.50. The largest absolute Gasteiger partial charge is 0.455 e. The second-order valence-corrected chi connectivity index (χ2v) is 17.9. The number of likely N-dealkylation sites (tertiary alicyclic amines) is 1. The minimum absolute atomic E-state index is 0.0176. The van der Waals surface area contributed by atoms with Crippen molar-refractivity contribution in [3.05, 3.63) is 45.9 Å². The molecule has 57 heavy (non-hydrogen) atoms. The minimum Gasteiger partial charge on any atom is -0.455 e. The number of aromatic nitrogens is 1. The number of hydrogen-bond acceptors (Lipinski definition) is 11. The number of likely N-dealkylation sites (N-methyl/N-ethyl adjacent to an activating group) is 1. The lowest BCUT2D eigenvalue weighted by molar-refractivity contribution is -0.215. The van der Waals surface area contributed by atoms with Gasteiger partial charge in [-0.1, -0.05) is 79.9 Å². The number of hydrogen-bond donors (Lipinski definition) is 2. The zero-order chi connectivity index (χ0) is 42.4. The van der Waals surface area contributed by atoms with Gasteiger partial charge in [0.05, 0.1) is 18.7 Å². The fourth-order valence-electron chi connectivity index (χ4n) is 7.37. The lowest BCUT2D eigenvalue weighted by Gasteiger charge is -2.38. The summed E-state index contributed by atoms with van der Waals surface area (Å²) in [5.41, 5.74) is 6.98. The Morgan fingerprint density at radius 1 is 1.07 bits per heavy atom. The molecule has 1 aliphatic heterocycles. The average molecular weight is 812 g/mol. The molecule has 1 fully saturated rings. The monoisotopic (exact) mass is 811 g/mol. The number of thiazole rings is 1. The number of ketones is 2. The molecule has 0 spiro atoms. The highest BCUT2D eigenvalue weighted by molar-refractivity contribution is 7.09. The molecule has 2 amide bonds. The van der Waals surface area contributed by atoms with Crippen molar-refractivity contribution < 1.29 is 33.5 Å². The third-order valence-corrected chi connectivity index (χ3v) is 12.5. The number of Topliss-reactive ketones (excluding diaryl/α,β-unsaturated/α-hetero) is 2. The maximum absolute atomic E-state index is 14.7. The van der Waals surface area contributed by atoms with Crippen LogP contribution in [0.2, 0.25) is 0 Å². The fourth-order valence-corrected chi connectivity index (χ4v) is 8.21. The second kappa shape index (κ2) is 22.5. The van der Waals surface area contributed by atoms with Crippen LogP contribution in [0.3, 0.4) is 0 Å². The Hall–Kier alpha value is -3.68. The molecule has 1 aliphatic rings. The highest BCUT2D eigenvalue weighted by Crippen LogP contribution is 2.34. The van der Waals surface area contributed by atoms with E-state index in [9.17, 15) is 24.0 Å². The van der Waals surface area contributed by atoms with Crippen molar-refractivity contribution in [1.29, 1.82) is 0 Å². The number of nitrogens with one attached hydrogen (secondary N) is 1. The van der Waals surface area contributed by atoms with Gasteiger partial charge >= 0.3 is 5.97 Å². The number of piperidine rings is 1. The van der Waals surface area contributed by atoms with E-state index in [-0.39, 0.29) is 59.9 Å². The van der Waals surface area contributed by atoms with Crippen LogP contribution in [0.25, 0.3) is 0 Å². The maximum atomic E-state index is 14.7. The molecule has 1 aromatic heterocycles. The van der Waals surface area contributed by atoms with Crippen LogP contribution in [0.15, 0.2) is 29.6 Å². The van der Waals surface area contributed by atoms with Gasteiger partial charge in [0.25, 0.3) is 5.91 Å². The van der Waals surface area contributed by atoms with Crippen LogP contribution >= 0.6 is 11.3 Å². The van der Waals surface area contributed by atoms with Crippen LogP contribution in [-0.2, 0) is 35.2 Å². The first-order valence-corrected chi connectivity index (χ1v) is 21.7. The lowest BCUT2D eigenvalue weighted by atomic mass is 9.80. The van der Waals surface area contributed by atoms with Crippen LogP contribution < -0.4 is 11.1 Å². The molecule has 0 radical (unpaired) electrons. The quantitative estimate of drug-likeness (QED) is 0.0491. The van der Waals surface area contributed by atoms with Crippen LogP contribution in [0, 0.1) is 23.2 Å². The van der Waals surface area contributed by atoms with E-state index in [1.165, 1.54) is 23.3 Å². The zero-order valence-electron chi connectivity index (χ0n) is 36.1. The number of rotatable bonds is 23. The Labute approximate surface area is 345 Å². The summed E-state index contributed by atoms with van der Waals surface area (Å²) in [6.45, 7) is 17.9. The molecule has 6 atom stereocenters. The van der Waals surface area contributed by atoms with Crippen LogP contribution in [0.1, 0.15) is 147 Å². The predicted octanol–water partition coefficient (Wildman–Crippen LogP) is 7.76. The summed E-state index contributed by atoms with van der Waals surface area (Å²) in [5, 5.41) is 6.61. The summed E-state index contributed by atoms with van der Waals surface area (Å²) in [5.74, 6) is -1.87. The molecule has 2 heterocycles. The van der Waals surface area contributed by atoms with Gasteiger partial charge < -0.3 is 15.8 Å². The highest BCUT2D eigenvalue weighted by Gasteiger charge is 2.40. The molecule has 3 N–H and O–H groups in total. The Morgan fingerprint density at radius 2 is 1.75 bits per heavy atom. The molecule has 13 heteroatoms. The Bertz CT molecular complexity index is 1630. The van der Waals surface area contributed by atoms with E-state index in [0.717, 1.165) is 44.2 Å². The summed E-state index contributed by atoms with van der Waals surface area (Å²) >= 11 is 1.20. The summed E-state index contributed by atoms with van der Waals surface area (Å²) in [4.78, 5) is 80.5. The average Bonchev–Trinajstić information content (AvgIpc) is 3.65. The first-order chi connectivity index (χ1) is 26.9. The van der Waals surface area contributed by atoms with Gasteiger partial charge in [-0.15, -0.1) is 11.3 Å². The number of carbonyl (C=O) groups is 5. The third-order valence-electron chi connectivity index (χ3n) is 11.5. The van der Waals surface area contributed by atoms with Gasteiger partial charge in [-0.25, -0.2) is 10.0 Å². The molecule has 0 aliphatic carbocycles. The first kappa shape index (κ1) is 47.7. The number of anilines is 1. The topological polar surface area (TPSA) is 161 Å². The van der Waals surface area contributed by atoms with Gasteiger partial charge in [0.15, 0.2) is 11.9 Å². The van der Waals surface area contributed by atoms with E-state index in [1.807, 2.05) is 67.6 Å². The van der Waals surface area contributed by atoms with Crippen molar-refractivity contribution in [2.45, 2.75) is 151 Å². The Balaban J connectivity index is 1.93. The number of carbonyl (C=O) groups excluding carboxylic acids is 5. The van der Waals surface area contributed by atoms with Crippen LogP contribution in [-0.4, -0.2) is 82.6 Å². The van der Waals surface area contributed by atoms with Gasteiger partial charge in [0, 0.05) is 48.2 Å². The van der Waals surface area contributed by atoms with Crippen molar-refractivity contribution in [2.75, 3.05) is 25.9 Å². The van der Waals surface area contributed by atoms with Gasteiger partial charge in [-0.05, 0) is 82.2 Å². The molecule has 12 nitrogen and oxygen atoms in total. The van der Waals surface area contributed by atoms with Crippen LogP contribution in [0.4, 0.5) is 5.69 Å². The zero-order valence-corrected chi connectivity index (χ0v) is 36.9. The number of amides is 2. The van der Waals surface area contributed by atoms with E-state index in [2.05, 4.69) is 15.2 Å². The smallest absolute Gasteiger partial charge is 0.303 e. The minimum atomic E-state index is -0.881. The van der Waals surface area contributed by atoms with E-state index < -0.39 is 35.4 Å². The summed E-state index contributed by atoms with van der Waals surface area (Å²) in [7, 11) is 1.98. The molecular weight excluding hydrogens is 743 g/mol. The normalized spacial score (nSPS) is 17.6. The Morgan fingerprint density at radius 3 is 2.33 bits per heavy atom.